The molecular formula is C27H34N2O5S2. The van der Waals surface area contributed by atoms with Gasteiger partial charge in [-0.25, -0.2) is 0 Å². The molecule has 2 aromatic carbocycles. The van der Waals surface area contributed by atoms with Gasteiger partial charge in [-0.3, -0.25) is 9.69 Å². The predicted octanol–water partition coefficient (Wildman–Crippen LogP) is 6.12. The Kier molecular flexibility index (Phi) is 10.4. The number of sulfonamides is 1. The fourth-order valence-electron chi connectivity index (χ4n) is 3.71. The zero-order valence-electron chi connectivity index (χ0n) is 21.1. The van der Waals surface area contributed by atoms with E-state index in [4.69, 9.17) is 9.47 Å². The highest BCUT2D eigenvalue weighted by Crippen LogP contribution is 2.35. The number of nitrogens with zero attached hydrogens (tertiary/aromatic N) is 2. The molecule has 3 rings (SSSR count). The molecule has 1 heterocycles. The minimum atomic E-state index is -3.93. The molecule has 36 heavy (non-hydrogen) atoms. The lowest BCUT2D eigenvalue weighted by Crippen LogP contribution is -2.29. The van der Waals surface area contributed by atoms with Crippen LogP contribution in [0.5, 0.6) is 11.5 Å². The highest BCUT2D eigenvalue weighted by molar-refractivity contribution is 8.19. The summed E-state index contributed by atoms with van der Waals surface area (Å²) in [5.41, 5.74) is 0.757. The number of amidine groups is 1. The molecule has 0 spiro atoms. The summed E-state index contributed by atoms with van der Waals surface area (Å²) in [6.45, 7) is 4.89. The van der Waals surface area contributed by atoms with Crippen molar-refractivity contribution in [3.8, 4) is 11.5 Å². The summed E-state index contributed by atoms with van der Waals surface area (Å²) < 4.78 is 40.9. The van der Waals surface area contributed by atoms with Crippen LogP contribution < -0.4 is 9.47 Å². The molecule has 0 aromatic heterocycles. The van der Waals surface area contributed by atoms with Gasteiger partial charge in [-0.05, 0) is 61.0 Å². The van der Waals surface area contributed by atoms with Crippen molar-refractivity contribution in [3.63, 3.8) is 0 Å². The van der Waals surface area contributed by atoms with Crippen LogP contribution in [0.1, 0.15) is 57.9 Å². The van der Waals surface area contributed by atoms with Gasteiger partial charge in [-0.15, -0.1) is 4.40 Å². The van der Waals surface area contributed by atoms with E-state index in [2.05, 4.69) is 11.3 Å². The molecule has 0 saturated carbocycles. The van der Waals surface area contributed by atoms with E-state index in [0.29, 0.717) is 29.6 Å². The van der Waals surface area contributed by atoms with Gasteiger partial charge in [-0.2, -0.15) is 8.42 Å². The summed E-state index contributed by atoms with van der Waals surface area (Å²) in [5.74, 6) is 0.957. The molecule has 1 amide bonds. The molecule has 9 heteroatoms. The van der Waals surface area contributed by atoms with Crippen LogP contribution in [-0.2, 0) is 14.8 Å². The molecule has 1 aliphatic rings. The molecule has 2 aromatic rings. The number of carbonyl (C=O) groups is 1. The lowest BCUT2D eigenvalue weighted by atomic mass is 10.1. The Bertz CT molecular complexity index is 1190. The fraction of sp³-hybridized carbons (Fsp3) is 0.407. The van der Waals surface area contributed by atoms with E-state index in [1.807, 2.05) is 12.1 Å². The molecule has 0 unspecified atom stereocenters. The SMILES string of the molecule is CCCCCCCCOc1cc(C=C2SC(=NS(=O)(=O)c3ccccc3)N(CC)C2=O)ccc1OC. The molecule has 1 saturated heterocycles. The third-order valence-electron chi connectivity index (χ3n) is 5.68. The van der Waals surface area contributed by atoms with E-state index in [9.17, 15) is 13.2 Å². The summed E-state index contributed by atoms with van der Waals surface area (Å²) in [7, 11) is -2.34. The number of rotatable bonds is 13. The van der Waals surface area contributed by atoms with Crippen molar-refractivity contribution in [3.05, 3.63) is 59.0 Å². The van der Waals surface area contributed by atoms with Crippen molar-refractivity contribution >= 4 is 38.9 Å². The van der Waals surface area contributed by atoms with Crippen LogP contribution in [0.4, 0.5) is 0 Å². The van der Waals surface area contributed by atoms with E-state index in [-0.39, 0.29) is 16.0 Å². The van der Waals surface area contributed by atoms with E-state index in [0.717, 1.165) is 30.2 Å². The number of ether oxygens (including phenoxy) is 2. The van der Waals surface area contributed by atoms with Gasteiger partial charge < -0.3 is 9.47 Å². The van der Waals surface area contributed by atoms with Gasteiger partial charge in [0.15, 0.2) is 16.7 Å². The topological polar surface area (TPSA) is 85.3 Å². The summed E-state index contributed by atoms with van der Waals surface area (Å²) in [6, 6.07) is 13.5. The summed E-state index contributed by atoms with van der Waals surface area (Å²) in [4.78, 5) is 14.9. The summed E-state index contributed by atoms with van der Waals surface area (Å²) >= 11 is 1.05. The van der Waals surface area contributed by atoms with Gasteiger partial charge in [0, 0.05) is 6.54 Å². The first-order chi connectivity index (χ1) is 17.4. The quantitative estimate of drug-likeness (QED) is 0.229. The number of hydrogen-bond acceptors (Lipinski definition) is 6. The number of amides is 1. The van der Waals surface area contributed by atoms with Crippen molar-refractivity contribution in [2.75, 3.05) is 20.3 Å². The van der Waals surface area contributed by atoms with E-state index < -0.39 is 10.0 Å². The number of likely N-dealkylation sites (N-methyl/N-ethyl adjacent to an activating group) is 1. The Morgan fingerprint density at radius 3 is 2.39 bits per heavy atom. The first kappa shape index (κ1) is 27.8. The number of methoxy groups -OCH3 is 1. The molecule has 194 valence electrons. The highest BCUT2D eigenvalue weighted by atomic mass is 32.2. The van der Waals surface area contributed by atoms with Gasteiger partial charge in [0.05, 0.1) is 23.5 Å². The Hall–Kier alpha value is -2.78. The molecule has 7 nitrogen and oxygen atoms in total. The van der Waals surface area contributed by atoms with E-state index in [1.54, 1.807) is 44.4 Å². The Balaban J connectivity index is 1.76. The number of carbonyl (C=O) groups excluding carboxylic acids is 1. The van der Waals surface area contributed by atoms with Gasteiger partial charge in [0.25, 0.3) is 15.9 Å². The second-order valence-electron chi connectivity index (χ2n) is 8.35. The number of benzene rings is 2. The van der Waals surface area contributed by atoms with Crippen molar-refractivity contribution in [2.45, 2.75) is 57.3 Å². The van der Waals surface area contributed by atoms with Crippen LogP contribution in [0.25, 0.3) is 6.08 Å². The van der Waals surface area contributed by atoms with Crippen molar-refractivity contribution in [1.29, 1.82) is 0 Å². The minimum absolute atomic E-state index is 0.0846. The smallest absolute Gasteiger partial charge is 0.284 e. The van der Waals surface area contributed by atoms with Crippen molar-refractivity contribution < 1.29 is 22.7 Å². The standard InChI is InChI=1S/C27H34N2O5S2/c1-4-6-7-8-9-13-18-34-24-19-21(16-17-23(24)33-3)20-25-26(30)29(5-2)27(35-25)28-36(31,32)22-14-11-10-12-15-22/h10-12,14-17,19-20H,4-9,13,18H2,1-3H3. The molecule has 1 aliphatic heterocycles. The lowest BCUT2D eigenvalue weighted by Gasteiger charge is -2.12. The average molecular weight is 531 g/mol. The summed E-state index contributed by atoms with van der Waals surface area (Å²) in [5, 5.41) is 0.144. The zero-order valence-corrected chi connectivity index (χ0v) is 22.7. The molecule has 0 bridgehead atoms. The second-order valence-corrected chi connectivity index (χ2v) is 11.0. The fourth-order valence-corrected chi connectivity index (χ4v) is 5.98. The van der Waals surface area contributed by atoms with Crippen LogP contribution in [0.3, 0.4) is 0 Å². The maximum atomic E-state index is 13.0. The highest BCUT2D eigenvalue weighted by Gasteiger charge is 2.34. The minimum Gasteiger partial charge on any atom is -0.493 e. The molecule has 0 aliphatic carbocycles. The molecule has 1 fully saturated rings. The van der Waals surface area contributed by atoms with E-state index >= 15 is 0 Å². The van der Waals surface area contributed by atoms with E-state index in [1.165, 1.54) is 42.7 Å². The average Bonchev–Trinajstić information content (AvgIpc) is 3.16. The lowest BCUT2D eigenvalue weighted by molar-refractivity contribution is -0.122. The van der Waals surface area contributed by atoms with Gasteiger partial charge >= 0.3 is 0 Å². The van der Waals surface area contributed by atoms with Crippen LogP contribution in [0.2, 0.25) is 0 Å². The third-order valence-corrected chi connectivity index (χ3v) is 8.09. The second kappa shape index (κ2) is 13.5. The van der Waals surface area contributed by atoms with Crippen LogP contribution in [0.15, 0.2) is 62.7 Å². The largest absolute Gasteiger partial charge is 0.493 e. The molecule has 0 radical (unpaired) electrons. The van der Waals surface area contributed by atoms with Crippen LogP contribution >= 0.6 is 11.8 Å². The predicted molar refractivity (Wildman–Crippen MR) is 146 cm³/mol. The number of hydrogen-bond donors (Lipinski definition) is 0. The normalized spacial score (nSPS) is 16.2. The first-order valence-electron chi connectivity index (χ1n) is 12.3. The first-order valence-corrected chi connectivity index (χ1v) is 14.6. The Morgan fingerprint density at radius 1 is 0.972 bits per heavy atom. The van der Waals surface area contributed by atoms with Crippen LogP contribution in [-0.4, -0.2) is 44.7 Å². The van der Waals surface area contributed by atoms with Crippen LogP contribution in [0, 0.1) is 0 Å². The number of unbranched alkanes of at least 4 members (excludes halogenated alkanes) is 5. The van der Waals surface area contributed by atoms with Crippen molar-refractivity contribution in [2.24, 2.45) is 4.40 Å². The zero-order chi connectivity index (χ0) is 26.0. The third kappa shape index (κ3) is 7.36. The Labute approximate surface area is 218 Å². The van der Waals surface area contributed by atoms with Crippen molar-refractivity contribution in [1.82, 2.24) is 4.90 Å². The monoisotopic (exact) mass is 530 g/mol. The Morgan fingerprint density at radius 2 is 1.69 bits per heavy atom. The molecular weight excluding hydrogens is 496 g/mol. The maximum absolute atomic E-state index is 13.0. The maximum Gasteiger partial charge on any atom is 0.284 e. The number of thioether (sulfide) groups is 1. The van der Waals surface area contributed by atoms with Gasteiger partial charge in [-0.1, -0.05) is 63.3 Å². The molecule has 0 atom stereocenters. The van der Waals surface area contributed by atoms with Gasteiger partial charge in [0.1, 0.15) is 0 Å². The molecule has 0 N–H and O–H groups in total. The summed E-state index contributed by atoms with van der Waals surface area (Å²) in [6.07, 6.45) is 8.76. The van der Waals surface area contributed by atoms with Gasteiger partial charge in [0.2, 0.25) is 0 Å².